The van der Waals surface area contributed by atoms with Gasteiger partial charge in [0.25, 0.3) is 0 Å². The van der Waals surface area contributed by atoms with Crippen molar-refractivity contribution in [1.29, 1.82) is 0 Å². The number of halogens is 3. The monoisotopic (exact) mass is 220 g/mol. The summed E-state index contributed by atoms with van der Waals surface area (Å²) in [7, 11) is 0. The van der Waals surface area contributed by atoms with Gasteiger partial charge in [0.1, 0.15) is 0 Å². The molecule has 1 rings (SSSR count). The molecule has 0 atom stereocenters. The van der Waals surface area contributed by atoms with Crippen LogP contribution < -0.4 is 0 Å². The van der Waals surface area contributed by atoms with E-state index in [1.54, 1.807) is 0 Å². The molecule has 0 N–H and O–H groups in total. The summed E-state index contributed by atoms with van der Waals surface area (Å²) in [5, 5.41) is 0.579. The fourth-order valence-corrected chi connectivity index (χ4v) is 1.28. The summed E-state index contributed by atoms with van der Waals surface area (Å²) in [6.45, 7) is 0. The molecule has 0 aromatic rings. The van der Waals surface area contributed by atoms with Crippen LogP contribution in [0.15, 0.2) is 33.2 Å². The molecule has 0 bridgehead atoms. The zero-order valence-corrected chi connectivity index (χ0v) is 8.09. The first kappa shape index (κ1) is 9.67. The van der Waals surface area contributed by atoms with Crippen LogP contribution >= 0.6 is 34.8 Å². The van der Waals surface area contributed by atoms with Crippen LogP contribution in [0.5, 0.6) is 0 Å². The van der Waals surface area contributed by atoms with Crippen molar-refractivity contribution in [2.75, 3.05) is 5.88 Å². The molecule has 0 aromatic carbocycles. The molecule has 0 radical (unpaired) electrons. The lowest BCUT2D eigenvalue weighted by Gasteiger charge is -2.00. The first-order valence-electron chi connectivity index (χ1n) is 3.03. The Bertz CT molecular complexity index is 352. The Balaban J connectivity index is 3.15. The minimum absolute atomic E-state index is 0.119. The summed E-state index contributed by atoms with van der Waals surface area (Å²) in [6.07, 6.45) is 1.43. The van der Waals surface area contributed by atoms with Crippen molar-refractivity contribution in [3.8, 4) is 0 Å². The summed E-state index contributed by atoms with van der Waals surface area (Å²) in [6, 6.07) is 0. The third-order valence-corrected chi connectivity index (χ3v) is 1.94. The minimum Gasteiger partial charge on any atom is -0.292 e. The molecule has 1 aliphatic carbocycles. The molecule has 0 aliphatic heterocycles. The van der Waals surface area contributed by atoms with Crippen LogP contribution in [0.2, 0.25) is 0 Å². The molecule has 0 aromatic heterocycles. The van der Waals surface area contributed by atoms with Gasteiger partial charge >= 0.3 is 0 Å². The molecule has 0 heterocycles. The lowest BCUT2D eigenvalue weighted by Crippen LogP contribution is -2.04. The van der Waals surface area contributed by atoms with Gasteiger partial charge in [0.05, 0.1) is 21.5 Å². The first-order valence-corrected chi connectivity index (χ1v) is 4.32. The van der Waals surface area contributed by atoms with Crippen molar-refractivity contribution in [3.05, 3.63) is 33.2 Å². The number of allylic oxidation sites excluding steroid dienone is 4. The van der Waals surface area contributed by atoms with Gasteiger partial charge in [0.2, 0.25) is 0 Å². The average Bonchev–Trinajstić information content (AvgIpc) is 2.03. The fourth-order valence-electron chi connectivity index (χ4n) is 0.671. The summed E-state index contributed by atoms with van der Waals surface area (Å²) >= 11 is 16.6. The Hall–Kier alpha value is -0.420. The highest BCUT2D eigenvalue weighted by atomic mass is 35.5. The van der Waals surface area contributed by atoms with E-state index < -0.39 is 0 Å². The Morgan fingerprint density at radius 2 is 2.08 bits per heavy atom. The van der Waals surface area contributed by atoms with E-state index in [0.717, 1.165) is 0 Å². The van der Waals surface area contributed by atoms with E-state index in [2.05, 4.69) is 11.5 Å². The van der Waals surface area contributed by atoms with Crippen LogP contribution in [-0.2, 0) is 4.79 Å². The standard InChI is InChI=1S/C8H3Cl3O/c9-4-8(12)6-2-1-5(10)3-7(6)11/h3H,4H2. The first-order chi connectivity index (χ1) is 5.65. The Labute approximate surface area is 84.6 Å². The zero-order valence-electron chi connectivity index (χ0n) is 5.83. The lowest BCUT2D eigenvalue weighted by molar-refractivity contribution is -0.113. The van der Waals surface area contributed by atoms with Crippen LogP contribution in [-0.4, -0.2) is 11.7 Å². The average molecular weight is 221 g/mol. The van der Waals surface area contributed by atoms with Gasteiger partial charge in [-0.05, 0) is 11.8 Å². The molecule has 0 unspecified atom stereocenters. The van der Waals surface area contributed by atoms with Gasteiger partial charge in [-0.15, -0.1) is 11.6 Å². The summed E-state index contributed by atoms with van der Waals surface area (Å²) in [5.41, 5.74) is 5.30. The van der Waals surface area contributed by atoms with Gasteiger partial charge in [0, 0.05) is 0 Å². The highest BCUT2D eigenvalue weighted by Crippen LogP contribution is 2.21. The second-order valence-electron chi connectivity index (χ2n) is 2.02. The van der Waals surface area contributed by atoms with E-state index >= 15 is 0 Å². The molecule has 1 aliphatic rings. The molecule has 0 saturated carbocycles. The van der Waals surface area contributed by atoms with Gasteiger partial charge in [-0.3, -0.25) is 4.79 Å². The van der Waals surface area contributed by atoms with Crippen molar-refractivity contribution < 1.29 is 4.79 Å². The molecule has 0 fully saturated rings. The minimum atomic E-state index is -0.283. The van der Waals surface area contributed by atoms with Crippen LogP contribution in [0.3, 0.4) is 0 Å². The maximum Gasteiger partial charge on any atom is 0.187 e. The van der Waals surface area contributed by atoms with Crippen molar-refractivity contribution >= 4 is 40.6 Å². The quantitative estimate of drug-likeness (QED) is 0.518. The van der Waals surface area contributed by atoms with Crippen LogP contribution in [0.4, 0.5) is 0 Å². The predicted molar refractivity (Wildman–Crippen MR) is 49.6 cm³/mol. The molecule has 12 heavy (non-hydrogen) atoms. The van der Waals surface area contributed by atoms with E-state index in [1.165, 1.54) is 6.08 Å². The third kappa shape index (κ3) is 2.04. The Kier molecular flexibility index (Phi) is 3.22. The van der Waals surface area contributed by atoms with Crippen molar-refractivity contribution in [2.24, 2.45) is 0 Å². The van der Waals surface area contributed by atoms with E-state index in [9.17, 15) is 4.79 Å². The second-order valence-corrected chi connectivity index (χ2v) is 3.10. The number of alkyl halides is 1. The normalized spacial score (nSPS) is 15.1. The van der Waals surface area contributed by atoms with Gasteiger partial charge in [-0.25, -0.2) is 0 Å². The molecule has 0 spiro atoms. The van der Waals surface area contributed by atoms with E-state index in [0.29, 0.717) is 5.03 Å². The van der Waals surface area contributed by atoms with Gasteiger partial charge in [-0.2, -0.15) is 0 Å². The largest absolute Gasteiger partial charge is 0.292 e. The Morgan fingerprint density at radius 1 is 1.42 bits per heavy atom. The Morgan fingerprint density at radius 3 is 2.58 bits per heavy atom. The number of carbonyl (C=O) groups is 1. The zero-order chi connectivity index (χ0) is 9.14. The van der Waals surface area contributed by atoms with E-state index in [4.69, 9.17) is 34.8 Å². The molecule has 4 heteroatoms. The molecular weight excluding hydrogens is 218 g/mol. The molecule has 0 amide bonds. The number of hydrogen-bond donors (Lipinski definition) is 0. The number of Topliss-reactive ketones (excluding diaryl/α,β-unsaturated/α-hetero) is 1. The topological polar surface area (TPSA) is 17.1 Å². The van der Waals surface area contributed by atoms with Gasteiger partial charge in [-0.1, -0.05) is 28.9 Å². The van der Waals surface area contributed by atoms with Gasteiger partial charge in [0.15, 0.2) is 5.78 Å². The maximum atomic E-state index is 11.0. The maximum absolute atomic E-state index is 11.0. The highest BCUT2D eigenvalue weighted by molar-refractivity contribution is 6.40. The second kappa shape index (κ2) is 4.00. The van der Waals surface area contributed by atoms with E-state index in [-0.39, 0.29) is 22.3 Å². The van der Waals surface area contributed by atoms with Crippen molar-refractivity contribution in [2.45, 2.75) is 0 Å². The smallest absolute Gasteiger partial charge is 0.187 e. The number of hydrogen-bond acceptors (Lipinski definition) is 1. The molecule has 62 valence electrons. The van der Waals surface area contributed by atoms with Crippen molar-refractivity contribution in [1.82, 2.24) is 0 Å². The summed E-state index contributed by atoms with van der Waals surface area (Å²) < 4.78 is 0. The summed E-state index contributed by atoms with van der Waals surface area (Å²) in [4.78, 5) is 11.0. The van der Waals surface area contributed by atoms with Crippen LogP contribution in [0.1, 0.15) is 0 Å². The van der Waals surface area contributed by atoms with Crippen LogP contribution in [0, 0.1) is 0 Å². The highest BCUT2D eigenvalue weighted by Gasteiger charge is 2.13. The number of ketones is 1. The molecule has 0 saturated heterocycles. The fraction of sp³-hybridized carbons (Fsp3) is 0.125. The number of carbonyl (C=O) groups excluding carboxylic acids is 1. The predicted octanol–water partition coefficient (Wildman–Crippen LogP) is 2.73. The molecule has 1 nitrogen and oxygen atoms in total. The third-order valence-electron chi connectivity index (χ3n) is 1.20. The molecular formula is C8H3Cl3O. The summed E-state index contributed by atoms with van der Waals surface area (Å²) in [5.74, 6) is -0.402. The van der Waals surface area contributed by atoms with E-state index in [1.807, 2.05) is 0 Å². The SMILES string of the molecule is O=C(CCl)C1=C=C=C(Cl)C=C1Cl. The number of rotatable bonds is 2. The van der Waals surface area contributed by atoms with Gasteiger partial charge < -0.3 is 0 Å². The van der Waals surface area contributed by atoms with Crippen molar-refractivity contribution in [3.63, 3.8) is 0 Å². The lowest BCUT2D eigenvalue weighted by atomic mass is 10.1. The van der Waals surface area contributed by atoms with Crippen LogP contribution in [0.25, 0.3) is 0 Å².